The van der Waals surface area contributed by atoms with Crippen LogP contribution in [0.15, 0.2) is 36.4 Å². The minimum Gasteiger partial charge on any atom is -0.491 e. The SMILES string of the molecule is CCOC(=O)c1c(OC(=O)c2ccccc2)c2cc(F)c(F)c(OC)c2[nH]c1=S. The third-order valence-corrected chi connectivity index (χ3v) is 4.31. The number of ether oxygens (including phenoxy) is 3. The van der Waals surface area contributed by atoms with Crippen molar-refractivity contribution in [2.45, 2.75) is 6.92 Å². The van der Waals surface area contributed by atoms with E-state index in [9.17, 15) is 18.4 Å². The van der Waals surface area contributed by atoms with E-state index in [0.29, 0.717) is 0 Å². The first kappa shape index (κ1) is 20.4. The number of halogens is 2. The maximum Gasteiger partial charge on any atom is 0.345 e. The van der Waals surface area contributed by atoms with Crippen molar-refractivity contribution in [3.63, 3.8) is 0 Å². The Hall–Kier alpha value is -3.33. The molecule has 0 fully saturated rings. The maximum absolute atomic E-state index is 14.2. The van der Waals surface area contributed by atoms with Crippen LogP contribution in [0.3, 0.4) is 0 Å². The van der Waals surface area contributed by atoms with Crippen LogP contribution in [0.4, 0.5) is 8.78 Å². The van der Waals surface area contributed by atoms with Crippen LogP contribution in [0.2, 0.25) is 0 Å². The highest BCUT2D eigenvalue weighted by molar-refractivity contribution is 7.71. The van der Waals surface area contributed by atoms with Gasteiger partial charge in [0.1, 0.15) is 10.2 Å². The molecule has 150 valence electrons. The predicted molar refractivity (Wildman–Crippen MR) is 103 cm³/mol. The quantitative estimate of drug-likeness (QED) is 0.482. The zero-order valence-electron chi connectivity index (χ0n) is 15.4. The number of carbonyl (C=O) groups is 2. The molecule has 9 heteroatoms. The summed E-state index contributed by atoms with van der Waals surface area (Å²) in [7, 11) is 1.14. The fraction of sp³-hybridized carbons (Fsp3) is 0.150. The van der Waals surface area contributed by atoms with Gasteiger partial charge >= 0.3 is 11.9 Å². The van der Waals surface area contributed by atoms with Gasteiger partial charge in [-0.15, -0.1) is 0 Å². The number of hydrogen-bond acceptors (Lipinski definition) is 6. The lowest BCUT2D eigenvalue weighted by molar-refractivity contribution is 0.0520. The maximum atomic E-state index is 14.2. The Labute approximate surface area is 169 Å². The van der Waals surface area contributed by atoms with Gasteiger partial charge in [-0.2, -0.15) is 4.39 Å². The number of fused-ring (bicyclic) bond motifs is 1. The molecule has 0 saturated heterocycles. The van der Waals surface area contributed by atoms with Gasteiger partial charge in [0.05, 0.1) is 24.8 Å². The molecule has 6 nitrogen and oxygen atoms in total. The van der Waals surface area contributed by atoms with Gasteiger partial charge in [-0.25, -0.2) is 14.0 Å². The second-order valence-electron chi connectivity index (χ2n) is 5.76. The summed E-state index contributed by atoms with van der Waals surface area (Å²) in [5.74, 6) is -5.04. The number of esters is 2. The van der Waals surface area contributed by atoms with E-state index >= 15 is 0 Å². The average Bonchev–Trinajstić information content (AvgIpc) is 2.70. The molecule has 0 unspecified atom stereocenters. The summed E-state index contributed by atoms with van der Waals surface area (Å²) in [6.07, 6.45) is 0. The van der Waals surface area contributed by atoms with Gasteiger partial charge in [-0.3, -0.25) is 0 Å². The number of aromatic nitrogens is 1. The Morgan fingerprint density at radius 3 is 2.41 bits per heavy atom. The fourth-order valence-corrected chi connectivity index (χ4v) is 3.01. The van der Waals surface area contributed by atoms with Gasteiger partial charge in [0, 0.05) is 5.39 Å². The molecule has 0 aliphatic heterocycles. The van der Waals surface area contributed by atoms with E-state index in [1.807, 2.05) is 0 Å². The Kier molecular flexibility index (Phi) is 5.88. The second kappa shape index (κ2) is 8.36. The topological polar surface area (TPSA) is 77.6 Å². The van der Waals surface area contributed by atoms with E-state index in [1.165, 1.54) is 12.1 Å². The van der Waals surface area contributed by atoms with Crippen LogP contribution < -0.4 is 9.47 Å². The third kappa shape index (κ3) is 3.81. The van der Waals surface area contributed by atoms with Gasteiger partial charge in [0.2, 0.25) is 5.82 Å². The van der Waals surface area contributed by atoms with Crippen molar-refractivity contribution in [2.75, 3.05) is 13.7 Å². The van der Waals surface area contributed by atoms with E-state index in [1.54, 1.807) is 25.1 Å². The molecular formula is C20H15F2NO5S. The summed E-state index contributed by atoms with van der Waals surface area (Å²) in [6.45, 7) is 1.61. The van der Waals surface area contributed by atoms with Crippen LogP contribution in [-0.4, -0.2) is 30.6 Å². The standard InChI is InChI=1S/C20H15F2NO5S/c1-3-27-20(25)13-16(28-19(24)10-7-5-4-6-8-10)11-9-12(21)14(22)17(26-2)15(11)23-18(13)29/h4-9H,3H2,1-2H3,(H,23,29). The van der Waals surface area contributed by atoms with Gasteiger partial charge in [-0.1, -0.05) is 30.4 Å². The highest BCUT2D eigenvalue weighted by Gasteiger charge is 2.26. The number of hydrogen-bond donors (Lipinski definition) is 1. The Morgan fingerprint density at radius 2 is 1.79 bits per heavy atom. The van der Waals surface area contributed by atoms with E-state index in [2.05, 4.69) is 4.98 Å². The molecule has 0 radical (unpaired) electrons. The van der Waals surface area contributed by atoms with E-state index in [4.69, 9.17) is 26.4 Å². The zero-order valence-corrected chi connectivity index (χ0v) is 16.2. The third-order valence-electron chi connectivity index (χ3n) is 4.00. The molecule has 0 saturated carbocycles. The number of pyridine rings is 1. The molecule has 1 heterocycles. The molecule has 3 aromatic rings. The predicted octanol–water partition coefficient (Wildman–Crippen LogP) is 4.58. The van der Waals surface area contributed by atoms with Crippen LogP contribution in [0.5, 0.6) is 11.5 Å². The molecule has 0 bridgehead atoms. The van der Waals surface area contributed by atoms with Crippen molar-refractivity contribution in [3.8, 4) is 11.5 Å². The number of H-pyrrole nitrogens is 1. The van der Waals surface area contributed by atoms with E-state index in [-0.39, 0.29) is 39.0 Å². The van der Waals surface area contributed by atoms with Crippen molar-refractivity contribution in [1.82, 2.24) is 4.98 Å². The smallest absolute Gasteiger partial charge is 0.345 e. The molecule has 3 rings (SSSR count). The monoisotopic (exact) mass is 419 g/mol. The minimum atomic E-state index is -1.26. The van der Waals surface area contributed by atoms with Gasteiger partial charge in [0.15, 0.2) is 17.3 Å². The molecule has 0 aliphatic rings. The molecule has 29 heavy (non-hydrogen) atoms. The lowest BCUT2D eigenvalue weighted by Gasteiger charge is -2.15. The molecular weight excluding hydrogens is 404 g/mol. The first-order valence-electron chi connectivity index (χ1n) is 8.45. The van der Waals surface area contributed by atoms with Crippen molar-refractivity contribution in [1.29, 1.82) is 0 Å². The number of nitrogens with one attached hydrogen (secondary N) is 1. The summed E-state index contributed by atoms with van der Waals surface area (Å²) in [5.41, 5.74) is -0.171. The van der Waals surface area contributed by atoms with Gasteiger partial charge in [-0.05, 0) is 25.1 Å². The molecule has 0 atom stereocenters. The minimum absolute atomic E-state index is 0.0266. The summed E-state index contributed by atoms with van der Waals surface area (Å²) >= 11 is 5.19. The summed E-state index contributed by atoms with van der Waals surface area (Å²) in [6, 6.07) is 8.73. The highest BCUT2D eigenvalue weighted by Crippen LogP contribution is 2.37. The first-order valence-corrected chi connectivity index (χ1v) is 8.86. The number of rotatable bonds is 5. The Balaban J connectivity index is 2.32. The molecule has 1 aromatic heterocycles. The molecule has 1 N–H and O–H groups in total. The molecule has 2 aromatic carbocycles. The van der Waals surface area contributed by atoms with Crippen molar-refractivity contribution in [2.24, 2.45) is 0 Å². The Bertz CT molecular complexity index is 1160. The summed E-state index contributed by atoms with van der Waals surface area (Å²) < 4.78 is 43.5. The van der Waals surface area contributed by atoms with Gasteiger partial charge in [0.25, 0.3) is 0 Å². The number of methoxy groups -OCH3 is 1. The highest BCUT2D eigenvalue weighted by atomic mass is 32.1. The fourth-order valence-electron chi connectivity index (χ4n) is 2.73. The Morgan fingerprint density at radius 1 is 1.10 bits per heavy atom. The second-order valence-corrected chi connectivity index (χ2v) is 6.17. The van der Waals surface area contributed by atoms with Crippen LogP contribution in [-0.2, 0) is 4.74 Å². The largest absolute Gasteiger partial charge is 0.491 e. The molecule has 0 spiro atoms. The van der Waals surface area contributed by atoms with Crippen molar-refractivity contribution >= 4 is 35.1 Å². The van der Waals surface area contributed by atoms with Crippen LogP contribution >= 0.6 is 12.2 Å². The first-order chi connectivity index (χ1) is 13.9. The summed E-state index contributed by atoms with van der Waals surface area (Å²) in [4.78, 5) is 27.7. The van der Waals surface area contributed by atoms with Crippen LogP contribution in [0, 0.1) is 16.3 Å². The van der Waals surface area contributed by atoms with Crippen molar-refractivity contribution < 1.29 is 32.6 Å². The number of benzene rings is 2. The summed E-state index contributed by atoms with van der Waals surface area (Å²) in [5, 5.41) is -0.110. The van der Waals surface area contributed by atoms with E-state index in [0.717, 1.165) is 13.2 Å². The number of carbonyl (C=O) groups excluding carboxylic acids is 2. The lowest BCUT2D eigenvalue weighted by atomic mass is 10.1. The number of aromatic amines is 1. The molecule has 0 amide bonds. The average molecular weight is 419 g/mol. The lowest BCUT2D eigenvalue weighted by Crippen LogP contribution is -2.15. The normalized spacial score (nSPS) is 10.6. The van der Waals surface area contributed by atoms with Crippen LogP contribution in [0.1, 0.15) is 27.6 Å². The van der Waals surface area contributed by atoms with E-state index < -0.39 is 29.3 Å². The molecule has 0 aliphatic carbocycles. The van der Waals surface area contributed by atoms with Crippen molar-refractivity contribution in [3.05, 3.63) is 63.8 Å². The zero-order chi connectivity index (χ0) is 21.1. The van der Waals surface area contributed by atoms with Gasteiger partial charge < -0.3 is 19.2 Å². The van der Waals surface area contributed by atoms with Crippen LogP contribution in [0.25, 0.3) is 10.9 Å².